The van der Waals surface area contributed by atoms with Crippen molar-refractivity contribution in [3.05, 3.63) is 62.4 Å². The maximum Gasteiger partial charge on any atom is 0.332 e. The number of aliphatic carboxylic acids is 1. The first kappa shape index (κ1) is 14.4. The number of nitrogens with zero attached hydrogens (tertiary/aromatic N) is 1. The second-order valence-electron chi connectivity index (χ2n) is 4.44. The molecule has 21 heavy (non-hydrogen) atoms. The number of carboxylic acids is 1. The zero-order valence-corrected chi connectivity index (χ0v) is 11.1. The number of Topliss-reactive ketones (excluding diaryl/α,β-unsaturated/α-hetero) is 1. The molecule has 2 aromatic rings. The SMILES string of the molecule is CC(=O)c1cccc(-n2c(=O)[nH]cc(CC(=O)O)c2=O)c1. The Morgan fingerprint density at radius 2 is 2.00 bits per heavy atom. The van der Waals surface area contributed by atoms with Gasteiger partial charge in [-0.2, -0.15) is 0 Å². The second-order valence-corrected chi connectivity index (χ2v) is 4.44. The number of hydrogen-bond acceptors (Lipinski definition) is 4. The van der Waals surface area contributed by atoms with Crippen LogP contribution in [-0.2, 0) is 11.2 Å². The molecular weight excluding hydrogens is 276 g/mol. The van der Waals surface area contributed by atoms with Crippen molar-refractivity contribution in [1.29, 1.82) is 0 Å². The Kier molecular flexibility index (Phi) is 3.84. The number of aromatic nitrogens is 2. The minimum atomic E-state index is -1.18. The molecule has 0 amide bonds. The van der Waals surface area contributed by atoms with Crippen LogP contribution in [0.5, 0.6) is 0 Å². The van der Waals surface area contributed by atoms with Crippen LogP contribution in [0.3, 0.4) is 0 Å². The summed E-state index contributed by atoms with van der Waals surface area (Å²) in [6.45, 7) is 1.37. The number of rotatable bonds is 4. The van der Waals surface area contributed by atoms with Gasteiger partial charge in [-0.15, -0.1) is 0 Å². The highest BCUT2D eigenvalue weighted by Gasteiger charge is 2.12. The number of ketones is 1. The summed E-state index contributed by atoms with van der Waals surface area (Å²) < 4.78 is 0.810. The molecule has 7 nitrogen and oxygen atoms in total. The molecule has 2 N–H and O–H groups in total. The van der Waals surface area contributed by atoms with Crippen LogP contribution in [0.4, 0.5) is 0 Å². The van der Waals surface area contributed by atoms with Crippen molar-refractivity contribution < 1.29 is 14.7 Å². The Balaban J connectivity index is 2.66. The molecule has 0 aliphatic carbocycles. The zero-order valence-electron chi connectivity index (χ0n) is 11.1. The van der Waals surface area contributed by atoms with Gasteiger partial charge in [-0.25, -0.2) is 9.36 Å². The first-order valence-electron chi connectivity index (χ1n) is 6.07. The summed E-state index contributed by atoms with van der Waals surface area (Å²) in [4.78, 5) is 48.4. The van der Waals surface area contributed by atoms with E-state index in [0.717, 1.165) is 10.8 Å². The predicted octanol–water partition coefficient (Wildman–Crippen LogP) is 0.356. The molecule has 0 radical (unpaired) electrons. The van der Waals surface area contributed by atoms with E-state index in [0.29, 0.717) is 5.56 Å². The van der Waals surface area contributed by atoms with Crippen molar-refractivity contribution in [1.82, 2.24) is 9.55 Å². The molecule has 0 atom stereocenters. The molecule has 0 aliphatic rings. The van der Waals surface area contributed by atoms with Crippen molar-refractivity contribution in [3.63, 3.8) is 0 Å². The lowest BCUT2D eigenvalue weighted by Gasteiger charge is -2.07. The Bertz CT molecular complexity index is 832. The average molecular weight is 288 g/mol. The van der Waals surface area contributed by atoms with Crippen molar-refractivity contribution >= 4 is 11.8 Å². The normalized spacial score (nSPS) is 10.3. The summed E-state index contributed by atoms with van der Waals surface area (Å²) >= 11 is 0. The van der Waals surface area contributed by atoms with Crippen LogP contribution >= 0.6 is 0 Å². The molecule has 0 fully saturated rings. The molecule has 0 unspecified atom stereocenters. The molecule has 1 aromatic carbocycles. The minimum absolute atomic E-state index is 0.0460. The zero-order chi connectivity index (χ0) is 15.6. The largest absolute Gasteiger partial charge is 0.481 e. The summed E-state index contributed by atoms with van der Waals surface area (Å²) in [5.74, 6) is -1.38. The van der Waals surface area contributed by atoms with E-state index in [9.17, 15) is 19.2 Å². The van der Waals surface area contributed by atoms with Crippen LogP contribution in [0.2, 0.25) is 0 Å². The fourth-order valence-electron chi connectivity index (χ4n) is 1.90. The summed E-state index contributed by atoms with van der Waals surface area (Å²) in [6.07, 6.45) is 0.589. The van der Waals surface area contributed by atoms with E-state index in [1.165, 1.54) is 19.1 Å². The quantitative estimate of drug-likeness (QED) is 0.789. The number of aromatic amines is 1. The number of hydrogen-bond donors (Lipinski definition) is 2. The van der Waals surface area contributed by atoms with E-state index in [-0.39, 0.29) is 17.0 Å². The fourth-order valence-corrected chi connectivity index (χ4v) is 1.90. The molecule has 1 heterocycles. The van der Waals surface area contributed by atoms with E-state index in [4.69, 9.17) is 5.11 Å². The molecule has 7 heteroatoms. The van der Waals surface area contributed by atoms with Crippen LogP contribution in [0, 0.1) is 0 Å². The summed E-state index contributed by atoms with van der Waals surface area (Å²) in [6, 6.07) is 6.01. The minimum Gasteiger partial charge on any atom is -0.481 e. The number of carboxylic acid groups (broad SMARTS) is 1. The highest BCUT2D eigenvalue weighted by molar-refractivity contribution is 5.94. The maximum absolute atomic E-state index is 12.2. The van der Waals surface area contributed by atoms with Crippen LogP contribution in [-0.4, -0.2) is 26.4 Å². The van der Waals surface area contributed by atoms with Crippen molar-refractivity contribution in [2.45, 2.75) is 13.3 Å². The van der Waals surface area contributed by atoms with E-state index in [1.807, 2.05) is 0 Å². The fraction of sp³-hybridized carbons (Fsp3) is 0.143. The Morgan fingerprint density at radius 3 is 2.62 bits per heavy atom. The maximum atomic E-state index is 12.2. The third-order valence-corrected chi connectivity index (χ3v) is 2.90. The van der Waals surface area contributed by atoms with Crippen molar-refractivity contribution in [2.24, 2.45) is 0 Å². The van der Waals surface area contributed by atoms with Gasteiger partial charge in [-0.3, -0.25) is 14.4 Å². The lowest BCUT2D eigenvalue weighted by Crippen LogP contribution is -2.36. The van der Waals surface area contributed by atoms with Crippen molar-refractivity contribution in [3.8, 4) is 5.69 Å². The number of H-pyrrole nitrogens is 1. The number of carbonyl (C=O) groups is 2. The molecule has 0 aliphatic heterocycles. The van der Waals surface area contributed by atoms with Gasteiger partial charge in [-0.1, -0.05) is 12.1 Å². The van der Waals surface area contributed by atoms with Gasteiger partial charge < -0.3 is 10.1 Å². The molecule has 108 valence electrons. The van der Waals surface area contributed by atoms with Gasteiger partial charge in [0, 0.05) is 17.3 Å². The van der Waals surface area contributed by atoms with E-state index in [1.54, 1.807) is 12.1 Å². The molecule has 1 aromatic heterocycles. The summed E-state index contributed by atoms with van der Waals surface area (Å²) in [7, 11) is 0. The topological polar surface area (TPSA) is 109 Å². The Labute approximate surface area is 118 Å². The van der Waals surface area contributed by atoms with Crippen molar-refractivity contribution in [2.75, 3.05) is 0 Å². The van der Waals surface area contributed by atoms with Gasteiger partial charge in [0.2, 0.25) is 0 Å². The van der Waals surface area contributed by atoms with Crippen LogP contribution in [0.15, 0.2) is 40.1 Å². The van der Waals surface area contributed by atoms with Crippen LogP contribution < -0.4 is 11.2 Å². The van der Waals surface area contributed by atoms with E-state index in [2.05, 4.69) is 4.98 Å². The second kappa shape index (κ2) is 5.58. The monoisotopic (exact) mass is 288 g/mol. The molecule has 0 spiro atoms. The van der Waals surface area contributed by atoms with Gasteiger partial charge in [-0.05, 0) is 19.1 Å². The standard InChI is InChI=1S/C14H12N2O5/c1-8(17)9-3-2-4-11(5-9)16-13(20)10(6-12(18)19)7-15-14(16)21/h2-5,7H,6H2,1H3,(H,15,21)(H,18,19). The van der Waals surface area contributed by atoms with Gasteiger partial charge in [0.15, 0.2) is 5.78 Å². The van der Waals surface area contributed by atoms with Gasteiger partial charge in [0.05, 0.1) is 12.1 Å². The molecule has 2 rings (SSSR count). The average Bonchev–Trinajstić information content (AvgIpc) is 2.42. The molecule has 0 bridgehead atoms. The third-order valence-electron chi connectivity index (χ3n) is 2.90. The number of nitrogens with one attached hydrogen (secondary N) is 1. The van der Waals surface area contributed by atoms with Crippen LogP contribution in [0.1, 0.15) is 22.8 Å². The molecular formula is C14H12N2O5. The smallest absolute Gasteiger partial charge is 0.332 e. The lowest BCUT2D eigenvalue weighted by molar-refractivity contribution is -0.136. The lowest BCUT2D eigenvalue weighted by atomic mass is 10.1. The highest BCUT2D eigenvalue weighted by atomic mass is 16.4. The van der Waals surface area contributed by atoms with Crippen LogP contribution in [0.25, 0.3) is 5.69 Å². The van der Waals surface area contributed by atoms with E-state index >= 15 is 0 Å². The Hall–Kier alpha value is -2.96. The van der Waals surface area contributed by atoms with Gasteiger partial charge in [0.1, 0.15) is 0 Å². The predicted molar refractivity (Wildman–Crippen MR) is 74.0 cm³/mol. The van der Waals surface area contributed by atoms with E-state index < -0.39 is 23.6 Å². The first-order valence-corrected chi connectivity index (χ1v) is 6.07. The molecule has 0 saturated carbocycles. The Morgan fingerprint density at radius 1 is 1.29 bits per heavy atom. The number of benzene rings is 1. The summed E-state index contributed by atoms with van der Waals surface area (Å²) in [5.41, 5.74) is -0.907. The third kappa shape index (κ3) is 2.97. The first-order chi connectivity index (χ1) is 9.90. The highest BCUT2D eigenvalue weighted by Crippen LogP contribution is 2.08. The summed E-state index contributed by atoms with van der Waals surface area (Å²) in [5, 5.41) is 8.75. The number of carbonyl (C=O) groups excluding carboxylic acids is 1. The van der Waals surface area contributed by atoms with Gasteiger partial charge >= 0.3 is 11.7 Å². The molecule has 0 saturated heterocycles. The van der Waals surface area contributed by atoms with Gasteiger partial charge in [0.25, 0.3) is 5.56 Å².